The molecule has 7 heteroatoms. The summed E-state index contributed by atoms with van der Waals surface area (Å²) >= 11 is 3.30. The number of anilines is 1. The molecule has 0 bridgehead atoms. The van der Waals surface area contributed by atoms with Crippen molar-refractivity contribution in [3.8, 4) is 11.3 Å². The molecule has 0 atom stereocenters. The van der Waals surface area contributed by atoms with Crippen molar-refractivity contribution in [2.75, 3.05) is 4.72 Å². The van der Waals surface area contributed by atoms with Crippen molar-refractivity contribution < 1.29 is 12.8 Å². The van der Waals surface area contributed by atoms with Crippen LogP contribution in [0.4, 0.5) is 5.69 Å². The Hall–Kier alpha value is -2.12. The molecule has 1 heterocycles. The van der Waals surface area contributed by atoms with Crippen LogP contribution in [0, 0.1) is 13.8 Å². The minimum atomic E-state index is -3.66. The summed E-state index contributed by atoms with van der Waals surface area (Å²) in [5.74, 6) is 1.23. The highest BCUT2D eigenvalue weighted by atomic mass is 79.9. The highest BCUT2D eigenvalue weighted by molar-refractivity contribution is 9.10. The fraction of sp³-hybridized carbons (Fsp3) is 0.118. The maximum absolute atomic E-state index is 12.6. The summed E-state index contributed by atoms with van der Waals surface area (Å²) in [7, 11) is -3.66. The lowest BCUT2D eigenvalue weighted by atomic mass is 10.2. The van der Waals surface area contributed by atoms with Crippen LogP contribution < -0.4 is 4.72 Å². The molecule has 3 aromatic rings. The van der Waals surface area contributed by atoms with E-state index in [2.05, 4.69) is 25.6 Å². The van der Waals surface area contributed by atoms with Crippen molar-refractivity contribution in [2.24, 2.45) is 0 Å². The number of sulfonamides is 1. The van der Waals surface area contributed by atoms with Crippen LogP contribution in [0.2, 0.25) is 0 Å². The van der Waals surface area contributed by atoms with Crippen LogP contribution >= 0.6 is 15.9 Å². The van der Waals surface area contributed by atoms with Crippen LogP contribution in [0.15, 0.2) is 62.4 Å². The lowest BCUT2D eigenvalue weighted by molar-refractivity contribution is 0.534. The zero-order valence-corrected chi connectivity index (χ0v) is 15.5. The molecule has 1 N–H and O–H groups in total. The Balaban J connectivity index is 1.86. The van der Waals surface area contributed by atoms with Gasteiger partial charge in [-0.15, -0.1) is 0 Å². The van der Waals surface area contributed by atoms with Crippen molar-refractivity contribution in [3.05, 3.63) is 64.6 Å². The number of aryl methyl sites for hydroxylation is 2. The SMILES string of the molecule is Cc1ncc(-c2ccc(NS(=O)(=O)c3cc(Br)ccc3C)cc2)o1. The van der Waals surface area contributed by atoms with Crippen LogP contribution in [0.3, 0.4) is 0 Å². The normalized spacial score (nSPS) is 11.5. The molecule has 0 unspecified atom stereocenters. The molecule has 0 saturated heterocycles. The van der Waals surface area contributed by atoms with Crippen LogP contribution in [0.25, 0.3) is 11.3 Å². The van der Waals surface area contributed by atoms with Crippen molar-refractivity contribution in [3.63, 3.8) is 0 Å². The molecule has 0 radical (unpaired) electrons. The minimum absolute atomic E-state index is 0.242. The number of nitrogens with one attached hydrogen (secondary N) is 1. The summed E-state index contributed by atoms with van der Waals surface area (Å²) in [6.45, 7) is 3.53. The van der Waals surface area contributed by atoms with Gasteiger partial charge in [-0.2, -0.15) is 0 Å². The van der Waals surface area contributed by atoms with Crippen molar-refractivity contribution >= 4 is 31.6 Å². The molecule has 5 nitrogen and oxygen atoms in total. The van der Waals surface area contributed by atoms with E-state index in [9.17, 15) is 8.42 Å². The molecular formula is C17H15BrN2O3S. The second-order valence-electron chi connectivity index (χ2n) is 5.34. The largest absolute Gasteiger partial charge is 0.441 e. The molecule has 0 spiro atoms. The van der Waals surface area contributed by atoms with Gasteiger partial charge in [-0.3, -0.25) is 4.72 Å². The molecule has 0 fully saturated rings. The summed E-state index contributed by atoms with van der Waals surface area (Å²) in [6, 6.07) is 12.1. The first-order chi connectivity index (χ1) is 11.3. The van der Waals surface area contributed by atoms with E-state index in [4.69, 9.17) is 4.42 Å². The summed E-state index contributed by atoms with van der Waals surface area (Å²) in [6.07, 6.45) is 1.64. The number of hydrogen-bond donors (Lipinski definition) is 1. The Kier molecular flexibility index (Phi) is 4.47. The van der Waals surface area contributed by atoms with Crippen molar-refractivity contribution in [2.45, 2.75) is 18.7 Å². The van der Waals surface area contributed by atoms with Gasteiger partial charge >= 0.3 is 0 Å². The number of halogens is 1. The van der Waals surface area contributed by atoms with Crippen LogP contribution in [0.5, 0.6) is 0 Å². The van der Waals surface area contributed by atoms with Gasteiger partial charge in [0.25, 0.3) is 10.0 Å². The smallest absolute Gasteiger partial charge is 0.262 e. The van der Waals surface area contributed by atoms with Crippen molar-refractivity contribution in [1.29, 1.82) is 0 Å². The Morgan fingerprint density at radius 1 is 1.08 bits per heavy atom. The molecule has 2 aromatic carbocycles. The first kappa shape index (κ1) is 16.7. The van der Waals surface area contributed by atoms with Gasteiger partial charge in [0.1, 0.15) is 0 Å². The van der Waals surface area contributed by atoms with Crippen LogP contribution in [-0.2, 0) is 10.0 Å². The first-order valence-electron chi connectivity index (χ1n) is 7.17. The number of aromatic nitrogens is 1. The minimum Gasteiger partial charge on any atom is -0.441 e. The van der Waals surface area contributed by atoms with E-state index in [1.807, 2.05) is 6.07 Å². The molecule has 0 saturated carbocycles. The zero-order valence-electron chi connectivity index (χ0n) is 13.1. The lowest BCUT2D eigenvalue weighted by Gasteiger charge is -2.11. The Labute approximate surface area is 148 Å². The maximum atomic E-state index is 12.6. The predicted molar refractivity (Wildman–Crippen MR) is 96.4 cm³/mol. The predicted octanol–water partition coefficient (Wildman–Crippen LogP) is 4.52. The Morgan fingerprint density at radius 2 is 1.79 bits per heavy atom. The summed E-state index contributed by atoms with van der Waals surface area (Å²) in [5, 5.41) is 0. The van der Waals surface area contributed by atoms with E-state index in [0.29, 0.717) is 27.4 Å². The highest BCUT2D eigenvalue weighted by Crippen LogP contribution is 2.25. The Morgan fingerprint density at radius 3 is 2.42 bits per heavy atom. The summed E-state index contributed by atoms with van der Waals surface area (Å²) in [4.78, 5) is 4.29. The van der Waals surface area contributed by atoms with Gasteiger partial charge in [0.2, 0.25) is 0 Å². The van der Waals surface area contributed by atoms with E-state index in [0.717, 1.165) is 5.56 Å². The fourth-order valence-corrected chi connectivity index (χ4v) is 4.11. The lowest BCUT2D eigenvalue weighted by Crippen LogP contribution is -2.14. The number of nitrogens with zero attached hydrogens (tertiary/aromatic N) is 1. The molecule has 0 aliphatic heterocycles. The third kappa shape index (κ3) is 3.52. The Bertz CT molecular complexity index is 979. The van der Waals surface area contributed by atoms with Gasteiger partial charge in [-0.1, -0.05) is 22.0 Å². The topological polar surface area (TPSA) is 72.2 Å². The van der Waals surface area contributed by atoms with E-state index in [1.54, 1.807) is 56.4 Å². The summed E-state index contributed by atoms with van der Waals surface area (Å²) < 4.78 is 33.9. The molecule has 124 valence electrons. The number of oxazole rings is 1. The molecule has 0 aliphatic carbocycles. The number of rotatable bonds is 4. The van der Waals surface area contributed by atoms with Gasteiger partial charge < -0.3 is 4.42 Å². The van der Waals surface area contributed by atoms with Gasteiger partial charge in [0, 0.05) is 22.6 Å². The van der Waals surface area contributed by atoms with E-state index in [-0.39, 0.29) is 4.90 Å². The fourth-order valence-electron chi connectivity index (χ4n) is 2.27. The van der Waals surface area contributed by atoms with Gasteiger partial charge in [-0.05, 0) is 48.9 Å². The van der Waals surface area contributed by atoms with Crippen LogP contribution in [-0.4, -0.2) is 13.4 Å². The summed E-state index contributed by atoms with van der Waals surface area (Å²) in [5.41, 5.74) is 1.99. The zero-order chi connectivity index (χ0) is 17.3. The average Bonchev–Trinajstić information content (AvgIpc) is 2.96. The first-order valence-corrected chi connectivity index (χ1v) is 9.44. The molecule has 0 amide bonds. The third-order valence-corrected chi connectivity index (χ3v) is 5.50. The monoisotopic (exact) mass is 406 g/mol. The van der Waals surface area contributed by atoms with Crippen molar-refractivity contribution in [1.82, 2.24) is 4.98 Å². The second-order valence-corrected chi connectivity index (χ2v) is 7.90. The average molecular weight is 407 g/mol. The van der Waals surface area contributed by atoms with E-state index < -0.39 is 10.0 Å². The molecular weight excluding hydrogens is 392 g/mol. The third-order valence-electron chi connectivity index (χ3n) is 3.48. The van der Waals surface area contributed by atoms with E-state index in [1.165, 1.54) is 0 Å². The van der Waals surface area contributed by atoms with Crippen LogP contribution in [0.1, 0.15) is 11.5 Å². The quantitative estimate of drug-likeness (QED) is 0.690. The van der Waals surface area contributed by atoms with E-state index >= 15 is 0 Å². The van der Waals surface area contributed by atoms with Gasteiger partial charge in [0.05, 0.1) is 11.1 Å². The van der Waals surface area contributed by atoms with Gasteiger partial charge in [-0.25, -0.2) is 13.4 Å². The molecule has 24 heavy (non-hydrogen) atoms. The molecule has 3 rings (SSSR count). The standard InChI is InChI=1S/C17H15BrN2O3S/c1-11-3-6-14(18)9-17(11)24(21,22)20-15-7-4-13(5-8-15)16-10-19-12(2)23-16/h3-10,20H,1-2H3. The number of hydrogen-bond acceptors (Lipinski definition) is 4. The number of benzene rings is 2. The molecule has 1 aromatic heterocycles. The second kappa shape index (κ2) is 6.41. The molecule has 0 aliphatic rings. The van der Waals surface area contributed by atoms with Gasteiger partial charge in [0.15, 0.2) is 11.7 Å². The highest BCUT2D eigenvalue weighted by Gasteiger charge is 2.17. The maximum Gasteiger partial charge on any atom is 0.262 e.